The molecule has 0 atom stereocenters. The Bertz CT molecular complexity index is 657. The van der Waals surface area contributed by atoms with Crippen LogP contribution in [0.3, 0.4) is 0 Å². The summed E-state index contributed by atoms with van der Waals surface area (Å²) in [6, 6.07) is 3.58. The minimum absolute atomic E-state index is 0.0131. The van der Waals surface area contributed by atoms with Gasteiger partial charge < -0.3 is 19.9 Å². The first-order valence-corrected chi connectivity index (χ1v) is 8.64. The number of hydrogen-bond acceptors (Lipinski definition) is 3. The Morgan fingerprint density at radius 2 is 1.56 bits per heavy atom. The predicted octanol–water partition coefficient (Wildman–Crippen LogP) is 2.58. The van der Waals surface area contributed by atoms with E-state index in [-0.39, 0.29) is 17.5 Å². The van der Waals surface area contributed by atoms with Crippen LogP contribution in [-0.4, -0.2) is 60.6 Å². The van der Waals surface area contributed by atoms with Gasteiger partial charge in [0, 0.05) is 37.3 Å². The van der Waals surface area contributed by atoms with Crippen LogP contribution in [0.2, 0.25) is 0 Å². The summed E-state index contributed by atoms with van der Waals surface area (Å²) in [6.07, 6.45) is 0. The van der Waals surface area contributed by atoms with Gasteiger partial charge in [-0.25, -0.2) is 4.79 Å². The van der Waals surface area contributed by atoms with Crippen LogP contribution in [0, 0.1) is 13.8 Å². The quantitative estimate of drug-likeness (QED) is 0.894. The van der Waals surface area contributed by atoms with E-state index in [9.17, 15) is 9.59 Å². The van der Waals surface area contributed by atoms with Gasteiger partial charge in [0.15, 0.2) is 0 Å². The molecule has 138 valence electrons. The van der Waals surface area contributed by atoms with Crippen LogP contribution in [-0.2, 0) is 0 Å². The zero-order valence-electron chi connectivity index (χ0n) is 16.1. The van der Waals surface area contributed by atoms with Crippen molar-refractivity contribution in [1.29, 1.82) is 0 Å². The number of nitrogens with one attached hydrogen (secondary N) is 1. The number of ether oxygens (including phenoxy) is 1. The molecule has 0 spiro atoms. The van der Waals surface area contributed by atoms with E-state index in [1.165, 1.54) is 0 Å². The maximum Gasteiger partial charge on any atom is 0.317 e. The Balaban J connectivity index is 2.02. The normalized spacial score (nSPS) is 15.1. The molecule has 3 amide bonds. The van der Waals surface area contributed by atoms with Crippen molar-refractivity contribution in [3.8, 4) is 5.75 Å². The Kier molecular flexibility index (Phi) is 5.60. The number of hydrogen-bond donors (Lipinski definition) is 1. The number of carbonyl (C=O) groups excluding carboxylic acids is 2. The summed E-state index contributed by atoms with van der Waals surface area (Å²) in [5.41, 5.74) is 2.36. The predicted molar refractivity (Wildman–Crippen MR) is 98.2 cm³/mol. The molecule has 1 saturated heterocycles. The van der Waals surface area contributed by atoms with Crippen LogP contribution in [0.15, 0.2) is 12.1 Å². The zero-order valence-corrected chi connectivity index (χ0v) is 16.1. The lowest BCUT2D eigenvalue weighted by atomic mass is 10.0. The monoisotopic (exact) mass is 347 g/mol. The first-order chi connectivity index (χ1) is 11.6. The third-order valence-corrected chi connectivity index (χ3v) is 4.52. The molecule has 0 aliphatic carbocycles. The molecule has 1 fully saturated rings. The first-order valence-electron chi connectivity index (χ1n) is 8.64. The molecule has 0 saturated carbocycles. The van der Waals surface area contributed by atoms with Gasteiger partial charge in [-0.2, -0.15) is 0 Å². The van der Waals surface area contributed by atoms with E-state index in [0.29, 0.717) is 31.7 Å². The fourth-order valence-electron chi connectivity index (χ4n) is 2.93. The fraction of sp³-hybridized carbons (Fsp3) is 0.579. The Labute approximate surface area is 150 Å². The summed E-state index contributed by atoms with van der Waals surface area (Å²) >= 11 is 0. The lowest BCUT2D eigenvalue weighted by molar-refractivity contribution is 0.0660. The van der Waals surface area contributed by atoms with Crippen LogP contribution in [0.4, 0.5) is 4.79 Å². The third-order valence-electron chi connectivity index (χ3n) is 4.52. The van der Waals surface area contributed by atoms with Gasteiger partial charge in [-0.15, -0.1) is 0 Å². The molecule has 1 heterocycles. The molecule has 6 nitrogen and oxygen atoms in total. The van der Waals surface area contributed by atoms with Gasteiger partial charge in [-0.3, -0.25) is 4.79 Å². The molecular weight excluding hydrogens is 318 g/mol. The second kappa shape index (κ2) is 7.33. The Morgan fingerprint density at radius 1 is 1.00 bits per heavy atom. The van der Waals surface area contributed by atoms with E-state index in [4.69, 9.17) is 4.74 Å². The van der Waals surface area contributed by atoms with E-state index in [1.54, 1.807) is 12.0 Å². The van der Waals surface area contributed by atoms with E-state index < -0.39 is 0 Å². The summed E-state index contributed by atoms with van der Waals surface area (Å²) < 4.78 is 5.31. The van der Waals surface area contributed by atoms with Crippen molar-refractivity contribution in [1.82, 2.24) is 15.1 Å². The van der Waals surface area contributed by atoms with Gasteiger partial charge in [-0.1, -0.05) is 0 Å². The molecule has 2 rings (SSSR count). The number of benzene rings is 1. The van der Waals surface area contributed by atoms with Crippen molar-refractivity contribution in [2.75, 3.05) is 33.3 Å². The van der Waals surface area contributed by atoms with Crippen LogP contribution in [0.1, 0.15) is 42.3 Å². The van der Waals surface area contributed by atoms with Crippen LogP contribution in [0.5, 0.6) is 5.75 Å². The molecule has 0 aromatic heterocycles. The summed E-state index contributed by atoms with van der Waals surface area (Å²) in [4.78, 5) is 28.7. The second-order valence-corrected chi connectivity index (χ2v) is 7.52. The molecule has 1 aromatic rings. The average molecular weight is 347 g/mol. The van der Waals surface area contributed by atoms with Crippen LogP contribution in [0.25, 0.3) is 0 Å². The molecule has 0 bridgehead atoms. The van der Waals surface area contributed by atoms with Crippen molar-refractivity contribution in [2.24, 2.45) is 0 Å². The summed E-state index contributed by atoms with van der Waals surface area (Å²) in [7, 11) is 1.63. The summed E-state index contributed by atoms with van der Waals surface area (Å²) in [5.74, 6) is 0.803. The third kappa shape index (κ3) is 4.44. The first kappa shape index (κ1) is 19.1. The van der Waals surface area contributed by atoms with Crippen molar-refractivity contribution < 1.29 is 14.3 Å². The highest BCUT2D eigenvalue weighted by atomic mass is 16.5. The molecule has 0 radical (unpaired) electrons. The van der Waals surface area contributed by atoms with Gasteiger partial charge in [-0.05, 0) is 57.9 Å². The van der Waals surface area contributed by atoms with Gasteiger partial charge in [0.25, 0.3) is 5.91 Å². The fourth-order valence-corrected chi connectivity index (χ4v) is 2.93. The highest BCUT2D eigenvalue weighted by molar-refractivity contribution is 5.96. The van der Waals surface area contributed by atoms with E-state index in [0.717, 1.165) is 16.9 Å². The van der Waals surface area contributed by atoms with Crippen molar-refractivity contribution in [3.63, 3.8) is 0 Å². The lowest BCUT2D eigenvalue weighted by Crippen LogP contribution is -2.56. The highest BCUT2D eigenvalue weighted by Crippen LogP contribution is 2.25. The van der Waals surface area contributed by atoms with Crippen molar-refractivity contribution in [2.45, 2.75) is 40.2 Å². The van der Waals surface area contributed by atoms with Gasteiger partial charge in [0.2, 0.25) is 0 Å². The maximum absolute atomic E-state index is 12.8. The Morgan fingerprint density at radius 3 is 2.08 bits per heavy atom. The standard InChI is InChI=1S/C19H29N3O3/c1-13-14(2)16(25-6)8-7-15(13)17(23)21-9-11-22(12-10-21)18(24)20-19(3,4)5/h7-8H,9-12H2,1-6H3,(H,20,24). The summed E-state index contributed by atoms with van der Waals surface area (Å²) in [6.45, 7) is 11.9. The van der Waals surface area contributed by atoms with Crippen LogP contribution >= 0.6 is 0 Å². The van der Waals surface area contributed by atoms with E-state index in [2.05, 4.69) is 5.32 Å². The van der Waals surface area contributed by atoms with Gasteiger partial charge in [0.1, 0.15) is 5.75 Å². The second-order valence-electron chi connectivity index (χ2n) is 7.52. The van der Waals surface area contributed by atoms with Crippen LogP contribution < -0.4 is 10.1 Å². The number of methoxy groups -OCH3 is 1. The minimum Gasteiger partial charge on any atom is -0.496 e. The molecular formula is C19H29N3O3. The largest absolute Gasteiger partial charge is 0.496 e. The molecule has 1 aliphatic heterocycles. The zero-order chi connectivity index (χ0) is 18.8. The highest BCUT2D eigenvalue weighted by Gasteiger charge is 2.27. The molecule has 1 aromatic carbocycles. The molecule has 1 aliphatic rings. The van der Waals surface area contributed by atoms with E-state index >= 15 is 0 Å². The molecule has 25 heavy (non-hydrogen) atoms. The van der Waals surface area contributed by atoms with Crippen molar-refractivity contribution >= 4 is 11.9 Å². The lowest BCUT2D eigenvalue weighted by Gasteiger charge is -2.36. The number of carbonyl (C=O) groups is 2. The SMILES string of the molecule is COc1ccc(C(=O)N2CCN(C(=O)NC(C)(C)C)CC2)c(C)c1C. The Hall–Kier alpha value is -2.24. The number of rotatable bonds is 2. The number of amides is 3. The smallest absolute Gasteiger partial charge is 0.317 e. The molecule has 1 N–H and O–H groups in total. The van der Waals surface area contributed by atoms with Crippen molar-refractivity contribution in [3.05, 3.63) is 28.8 Å². The summed E-state index contributed by atoms with van der Waals surface area (Å²) in [5, 5.41) is 2.96. The van der Waals surface area contributed by atoms with Gasteiger partial charge in [0.05, 0.1) is 7.11 Å². The van der Waals surface area contributed by atoms with Gasteiger partial charge >= 0.3 is 6.03 Å². The minimum atomic E-state index is -0.262. The number of piperazine rings is 1. The molecule has 0 unspecified atom stereocenters. The number of urea groups is 1. The number of nitrogens with zero attached hydrogens (tertiary/aromatic N) is 2. The van der Waals surface area contributed by atoms with E-state index in [1.807, 2.05) is 51.7 Å². The average Bonchev–Trinajstić information content (AvgIpc) is 2.55. The topological polar surface area (TPSA) is 61.9 Å². The molecule has 6 heteroatoms. The maximum atomic E-state index is 12.8.